The summed E-state index contributed by atoms with van der Waals surface area (Å²) in [6.45, 7) is 1.43. The number of aromatic nitrogens is 4. The average Bonchev–Trinajstić information content (AvgIpc) is 3.29. The van der Waals surface area contributed by atoms with Gasteiger partial charge in [-0.1, -0.05) is 78.9 Å². The summed E-state index contributed by atoms with van der Waals surface area (Å²) in [5, 5.41) is 3.31. The highest BCUT2D eigenvalue weighted by Gasteiger charge is 2.18. The number of rotatable bonds is 7. The van der Waals surface area contributed by atoms with Crippen LogP contribution in [-0.2, 0) is 13.1 Å². The van der Waals surface area contributed by atoms with E-state index in [-0.39, 0.29) is 0 Å². The van der Waals surface area contributed by atoms with Crippen molar-refractivity contribution in [3.05, 3.63) is 108 Å². The number of hydrogen-bond donors (Lipinski definition) is 2. The van der Waals surface area contributed by atoms with Gasteiger partial charge in [0.1, 0.15) is 5.52 Å². The van der Waals surface area contributed by atoms with Crippen LogP contribution < -0.4 is 10.2 Å². The van der Waals surface area contributed by atoms with Gasteiger partial charge in [0.25, 0.3) is 0 Å². The third-order valence-electron chi connectivity index (χ3n) is 5.03. The average molecular weight is 406 g/mol. The van der Waals surface area contributed by atoms with Crippen molar-refractivity contribution in [2.75, 3.05) is 10.2 Å². The van der Waals surface area contributed by atoms with Gasteiger partial charge < -0.3 is 15.2 Å². The Bertz CT molecular complexity index is 1210. The third-order valence-corrected chi connectivity index (χ3v) is 5.03. The van der Waals surface area contributed by atoms with Crippen LogP contribution in [0.5, 0.6) is 0 Å². The summed E-state index contributed by atoms with van der Waals surface area (Å²) in [5.74, 6) is 1.33. The lowest BCUT2D eigenvalue weighted by atomic mass is 10.1. The Labute approximate surface area is 180 Å². The van der Waals surface area contributed by atoms with Crippen LogP contribution >= 0.6 is 0 Å². The second kappa shape index (κ2) is 8.67. The topological polar surface area (TPSA) is 69.7 Å². The fourth-order valence-electron chi connectivity index (χ4n) is 3.57. The minimum atomic E-state index is 0.520. The van der Waals surface area contributed by atoms with Crippen LogP contribution in [0.1, 0.15) is 11.1 Å². The molecule has 2 heterocycles. The maximum Gasteiger partial charge on any atom is 0.231 e. The van der Waals surface area contributed by atoms with Crippen molar-refractivity contribution >= 4 is 28.6 Å². The van der Waals surface area contributed by atoms with E-state index in [2.05, 4.69) is 73.7 Å². The number of imidazole rings is 1. The van der Waals surface area contributed by atoms with Crippen LogP contribution in [0.3, 0.4) is 0 Å². The fraction of sp³-hybridized carbons (Fsp3) is 0.0800. The van der Waals surface area contributed by atoms with E-state index in [1.54, 1.807) is 6.33 Å². The maximum atomic E-state index is 4.89. The molecular weight excluding hydrogens is 384 g/mol. The Morgan fingerprint density at radius 1 is 0.710 bits per heavy atom. The van der Waals surface area contributed by atoms with Crippen molar-refractivity contribution in [1.29, 1.82) is 0 Å². The smallest absolute Gasteiger partial charge is 0.231 e. The van der Waals surface area contributed by atoms with E-state index >= 15 is 0 Å². The second-order valence-electron chi connectivity index (χ2n) is 7.29. The normalized spacial score (nSPS) is 10.8. The Morgan fingerprint density at radius 3 is 1.90 bits per heavy atom. The highest BCUT2D eigenvalue weighted by Crippen LogP contribution is 2.27. The van der Waals surface area contributed by atoms with Crippen molar-refractivity contribution in [3.63, 3.8) is 0 Å². The standard InChI is InChI=1S/C25H22N6/c1-4-10-19(11-5-1)16-31(17-20-12-6-2-7-13-20)24-22-23(27-18-26-22)29-25(30-24)28-21-14-8-3-9-15-21/h1-15,18H,16-17H2,(H2,26,27,28,29,30). The van der Waals surface area contributed by atoms with Crippen molar-refractivity contribution in [2.45, 2.75) is 13.1 Å². The van der Waals surface area contributed by atoms with Crippen LogP contribution in [0, 0.1) is 0 Å². The number of aromatic amines is 1. The third kappa shape index (κ3) is 4.38. The lowest BCUT2D eigenvalue weighted by Gasteiger charge is -2.25. The van der Waals surface area contributed by atoms with E-state index in [4.69, 9.17) is 4.98 Å². The van der Waals surface area contributed by atoms with Crippen molar-refractivity contribution in [1.82, 2.24) is 19.9 Å². The van der Waals surface area contributed by atoms with E-state index in [1.165, 1.54) is 11.1 Å². The molecule has 6 nitrogen and oxygen atoms in total. The number of anilines is 3. The molecule has 0 spiro atoms. The van der Waals surface area contributed by atoms with Crippen LogP contribution in [0.15, 0.2) is 97.3 Å². The summed E-state index contributed by atoms with van der Waals surface area (Å²) < 4.78 is 0. The lowest BCUT2D eigenvalue weighted by molar-refractivity contribution is 0.786. The summed E-state index contributed by atoms with van der Waals surface area (Å²) in [6.07, 6.45) is 1.67. The van der Waals surface area contributed by atoms with Crippen molar-refractivity contribution < 1.29 is 0 Å². The number of hydrogen-bond acceptors (Lipinski definition) is 5. The molecule has 31 heavy (non-hydrogen) atoms. The first-order valence-corrected chi connectivity index (χ1v) is 10.2. The van der Waals surface area contributed by atoms with Crippen LogP contribution in [0.4, 0.5) is 17.5 Å². The van der Waals surface area contributed by atoms with E-state index in [1.807, 2.05) is 42.5 Å². The van der Waals surface area contributed by atoms with Crippen LogP contribution in [0.2, 0.25) is 0 Å². The molecule has 5 aromatic rings. The van der Waals surface area contributed by atoms with Gasteiger partial charge in [0.15, 0.2) is 11.5 Å². The summed E-state index contributed by atoms with van der Waals surface area (Å²) in [4.78, 5) is 19.4. The van der Waals surface area contributed by atoms with Gasteiger partial charge in [-0.3, -0.25) is 0 Å². The molecule has 0 saturated heterocycles. The molecule has 0 fully saturated rings. The molecule has 152 valence electrons. The van der Waals surface area contributed by atoms with Gasteiger partial charge in [-0.05, 0) is 23.3 Å². The molecule has 5 rings (SSSR count). The predicted octanol–water partition coefficient (Wildman–Crippen LogP) is 5.30. The second-order valence-corrected chi connectivity index (χ2v) is 7.29. The van der Waals surface area contributed by atoms with Gasteiger partial charge in [-0.15, -0.1) is 0 Å². The molecule has 2 aromatic heterocycles. The van der Waals surface area contributed by atoms with Crippen molar-refractivity contribution in [2.24, 2.45) is 0 Å². The van der Waals surface area contributed by atoms with Gasteiger partial charge >= 0.3 is 0 Å². The molecule has 0 bridgehead atoms. The molecule has 0 aliphatic rings. The van der Waals surface area contributed by atoms with Gasteiger partial charge in [0.05, 0.1) is 6.33 Å². The summed E-state index contributed by atoms with van der Waals surface area (Å²) in [7, 11) is 0. The van der Waals surface area contributed by atoms with E-state index in [9.17, 15) is 0 Å². The molecule has 0 unspecified atom stereocenters. The summed E-state index contributed by atoms with van der Waals surface area (Å²) in [6, 6.07) is 30.7. The number of nitrogens with zero attached hydrogens (tertiary/aromatic N) is 4. The molecule has 0 aliphatic carbocycles. The highest BCUT2D eigenvalue weighted by atomic mass is 15.2. The first-order chi connectivity index (χ1) is 15.3. The molecule has 0 saturated carbocycles. The zero-order chi connectivity index (χ0) is 20.9. The Kier molecular flexibility index (Phi) is 5.26. The summed E-state index contributed by atoms with van der Waals surface area (Å²) in [5.41, 5.74) is 4.81. The number of fused-ring (bicyclic) bond motifs is 1. The largest absolute Gasteiger partial charge is 0.346 e. The Balaban J connectivity index is 1.56. The maximum absolute atomic E-state index is 4.89. The molecule has 0 radical (unpaired) electrons. The van der Waals surface area contributed by atoms with Crippen LogP contribution in [0.25, 0.3) is 11.2 Å². The SMILES string of the molecule is c1ccc(CN(Cc2ccccc2)c2nc(Nc3ccccc3)nc3nc[nH]c23)cc1. The molecule has 0 aliphatic heterocycles. The minimum absolute atomic E-state index is 0.520. The number of para-hydroxylation sites is 1. The zero-order valence-corrected chi connectivity index (χ0v) is 16.9. The summed E-state index contributed by atoms with van der Waals surface area (Å²) >= 11 is 0. The van der Waals surface area contributed by atoms with Gasteiger partial charge in [-0.25, -0.2) is 4.98 Å². The Morgan fingerprint density at radius 2 is 1.29 bits per heavy atom. The molecule has 3 aromatic carbocycles. The van der Waals surface area contributed by atoms with Gasteiger partial charge in [0.2, 0.25) is 5.95 Å². The zero-order valence-electron chi connectivity index (χ0n) is 16.9. The first kappa shape index (κ1) is 18.8. The van der Waals surface area contributed by atoms with E-state index in [0.717, 1.165) is 17.0 Å². The van der Waals surface area contributed by atoms with Crippen LogP contribution in [-0.4, -0.2) is 19.9 Å². The quantitative estimate of drug-likeness (QED) is 0.384. The molecule has 0 atom stereocenters. The molecular formula is C25H22N6. The Hall–Kier alpha value is -4.19. The number of benzene rings is 3. The predicted molar refractivity (Wildman–Crippen MR) is 124 cm³/mol. The van der Waals surface area contributed by atoms with E-state index < -0.39 is 0 Å². The molecule has 2 N–H and O–H groups in total. The lowest BCUT2D eigenvalue weighted by Crippen LogP contribution is -2.24. The van der Waals surface area contributed by atoms with Gasteiger partial charge in [0, 0.05) is 18.8 Å². The number of H-pyrrole nitrogens is 1. The fourth-order valence-corrected chi connectivity index (χ4v) is 3.57. The van der Waals surface area contributed by atoms with E-state index in [0.29, 0.717) is 24.7 Å². The molecule has 6 heteroatoms. The number of nitrogens with one attached hydrogen (secondary N) is 2. The molecule has 0 amide bonds. The highest BCUT2D eigenvalue weighted by molar-refractivity contribution is 5.84. The first-order valence-electron chi connectivity index (χ1n) is 10.2. The van der Waals surface area contributed by atoms with Crippen molar-refractivity contribution in [3.8, 4) is 0 Å². The monoisotopic (exact) mass is 406 g/mol. The minimum Gasteiger partial charge on any atom is -0.346 e. The van der Waals surface area contributed by atoms with Gasteiger partial charge in [-0.2, -0.15) is 9.97 Å².